The largest absolute Gasteiger partial charge is 0.496 e. The van der Waals surface area contributed by atoms with Crippen molar-refractivity contribution < 1.29 is 18.3 Å². The molecule has 1 aromatic carbocycles. The maximum atomic E-state index is 14.9. The molecule has 170 valence electrons. The standard InChI is InChI=1S/C24H23F2N5O2/c1-13-10-19(29-23(21(13)26)30-9-7-14(27)11-30)31-12-16-15(24(31)32)6-8-28-22(16)20-17(25)4-3-5-18(20)33-2/h3-6,8,10,14H,7,9,11-12,27H2,1-2H3/t14-/m1/s1. The maximum absolute atomic E-state index is 14.9. The number of fused-ring (bicyclic) bond motifs is 1. The molecule has 2 aliphatic rings. The van der Waals surface area contributed by atoms with Gasteiger partial charge in [-0.1, -0.05) is 6.07 Å². The molecule has 2 aromatic heterocycles. The summed E-state index contributed by atoms with van der Waals surface area (Å²) in [7, 11) is 1.45. The molecule has 1 fully saturated rings. The molecule has 0 bridgehead atoms. The Morgan fingerprint density at radius 3 is 2.79 bits per heavy atom. The van der Waals surface area contributed by atoms with Gasteiger partial charge in [0.25, 0.3) is 5.91 Å². The lowest BCUT2D eigenvalue weighted by Gasteiger charge is -2.22. The van der Waals surface area contributed by atoms with E-state index in [4.69, 9.17) is 10.5 Å². The fourth-order valence-electron chi connectivity index (χ4n) is 4.48. The van der Waals surface area contributed by atoms with Crippen molar-refractivity contribution in [3.05, 3.63) is 64.9 Å². The molecule has 1 saturated heterocycles. The van der Waals surface area contributed by atoms with E-state index in [2.05, 4.69) is 9.97 Å². The van der Waals surface area contributed by atoms with Gasteiger partial charge in [0.05, 0.1) is 24.9 Å². The maximum Gasteiger partial charge on any atom is 0.260 e. The molecule has 9 heteroatoms. The number of methoxy groups -OCH3 is 1. The topological polar surface area (TPSA) is 84.6 Å². The number of hydrogen-bond donors (Lipinski definition) is 1. The lowest BCUT2D eigenvalue weighted by molar-refractivity contribution is 0.0996. The highest BCUT2D eigenvalue weighted by Gasteiger charge is 2.35. The van der Waals surface area contributed by atoms with Gasteiger partial charge in [-0.3, -0.25) is 14.7 Å². The molecular formula is C24H23F2N5O2. The summed E-state index contributed by atoms with van der Waals surface area (Å²) in [5, 5.41) is 0. The van der Waals surface area contributed by atoms with Gasteiger partial charge in [0.1, 0.15) is 17.4 Å². The summed E-state index contributed by atoms with van der Waals surface area (Å²) in [5.74, 6) is -0.371. The second-order valence-corrected chi connectivity index (χ2v) is 8.32. The number of aryl methyl sites for hydroxylation is 1. The molecule has 0 radical (unpaired) electrons. The zero-order valence-electron chi connectivity index (χ0n) is 18.3. The van der Waals surface area contributed by atoms with Gasteiger partial charge in [0.2, 0.25) is 0 Å². The molecule has 4 heterocycles. The normalized spacial score (nSPS) is 17.6. The molecule has 5 rings (SSSR count). The van der Waals surface area contributed by atoms with E-state index in [1.54, 1.807) is 36.1 Å². The number of halogens is 2. The van der Waals surface area contributed by atoms with E-state index in [-0.39, 0.29) is 29.9 Å². The Morgan fingerprint density at radius 1 is 1.24 bits per heavy atom. The number of rotatable bonds is 4. The minimum Gasteiger partial charge on any atom is -0.496 e. The highest BCUT2D eigenvalue weighted by molar-refractivity contribution is 6.10. The van der Waals surface area contributed by atoms with E-state index in [0.717, 1.165) is 6.42 Å². The van der Waals surface area contributed by atoms with Crippen molar-refractivity contribution in [3.8, 4) is 17.0 Å². The first kappa shape index (κ1) is 21.3. The molecule has 1 amide bonds. The number of amides is 1. The van der Waals surface area contributed by atoms with Crippen LogP contribution < -0.4 is 20.3 Å². The molecule has 1 atom stereocenters. The molecule has 7 nitrogen and oxygen atoms in total. The summed E-state index contributed by atoms with van der Waals surface area (Å²) < 4.78 is 35.0. The molecule has 2 aliphatic heterocycles. The highest BCUT2D eigenvalue weighted by atomic mass is 19.1. The van der Waals surface area contributed by atoms with Gasteiger partial charge in [-0.2, -0.15) is 0 Å². The number of nitrogens with zero attached hydrogens (tertiary/aromatic N) is 4. The Hall–Kier alpha value is -3.59. The van der Waals surface area contributed by atoms with Crippen molar-refractivity contribution >= 4 is 17.5 Å². The number of aromatic nitrogens is 2. The van der Waals surface area contributed by atoms with E-state index < -0.39 is 11.6 Å². The number of pyridine rings is 2. The number of carbonyl (C=O) groups is 1. The number of hydrogen-bond acceptors (Lipinski definition) is 6. The Kier molecular flexibility index (Phi) is 5.20. The number of nitrogens with two attached hydrogens (primary N) is 1. The Balaban J connectivity index is 1.57. The van der Waals surface area contributed by atoms with Crippen molar-refractivity contribution in [2.45, 2.75) is 25.9 Å². The number of anilines is 2. The van der Waals surface area contributed by atoms with Crippen LogP contribution >= 0.6 is 0 Å². The molecule has 0 saturated carbocycles. The molecule has 33 heavy (non-hydrogen) atoms. The van der Waals surface area contributed by atoms with Gasteiger partial charge < -0.3 is 15.4 Å². The van der Waals surface area contributed by atoms with Crippen molar-refractivity contribution in [1.82, 2.24) is 9.97 Å². The summed E-state index contributed by atoms with van der Waals surface area (Å²) in [4.78, 5) is 25.5. The van der Waals surface area contributed by atoms with Crippen LogP contribution in [0.3, 0.4) is 0 Å². The third kappa shape index (κ3) is 3.48. The minimum atomic E-state index is -0.496. The summed E-state index contributed by atoms with van der Waals surface area (Å²) in [6, 6.07) is 7.63. The molecule has 0 aliphatic carbocycles. The van der Waals surface area contributed by atoms with Gasteiger partial charge in [0.15, 0.2) is 11.6 Å². The first-order chi connectivity index (χ1) is 15.9. The zero-order valence-corrected chi connectivity index (χ0v) is 18.3. The van der Waals surface area contributed by atoms with Gasteiger partial charge >= 0.3 is 0 Å². The highest BCUT2D eigenvalue weighted by Crippen LogP contribution is 2.39. The number of ether oxygens (including phenoxy) is 1. The van der Waals surface area contributed by atoms with E-state index in [1.807, 2.05) is 0 Å². The Bertz CT molecular complexity index is 1270. The molecule has 2 N–H and O–H groups in total. The third-order valence-electron chi connectivity index (χ3n) is 6.19. The lowest BCUT2D eigenvalue weighted by atomic mass is 10.0. The van der Waals surface area contributed by atoms with Crippen molar-refractivity contribution in [2.24, 2.45) is 5.73 Å². The molecule has 3 aromatic rings. The summed E-state index contributed by atoms with van der Waals surface area (Å²) in [6.07, 6.45) is 2.22. The second-order valence-electron chi connectivity index (χ2n) is 8.32. The van der Waals surface area contributed by atoms with E-state index in [0.29, 0.717) is 47.0 Å². The summed E-state index contributed by atoms with van der Waals surface area (Å²) in [5.41, 5.74) is 7.88. The van der Waals surface area contributed by atoms with Crippen molar-refractivity contribution in [3.63, 3.8) is 0 Å². The van der Waals surface area contributed by atoms with Gasteiger partial charge in [0, 0.05) is 36.5 Å². The van der Waals surface area contributed by atoms with Crippen LogP contribution in [0.5, 0.6) is 5.75 Å². The van der Waals surface area contributed by atoms with Crippen LogP contribution in [0.1, 0.15) is 27.9 Å². The van der Waals surface area contributed by atoms with E-state index in [9.17, 15) is 13.6 Å². The lowest BCUT2D eigenvalue weighted by Crippen LogP contribution is -2.29. The summed E-state index contributed by atoms with van der Waals surface area (Å²) >= 11 is 0. The number of carbonyl (C=O) groups excluding carboxylic acids is 1. The SMILES string of the molecule is COc1cccc(F)c1-c1nccc2c1CN(c1cc(C)c(F)c(N3CC[C@@H](N)C3)n1)C2=O. The number of benzene rings is 1. The van der Waals surface area contributed by atoms with Crippen LogP contribution in [0, 0.1) is 18.6 Å². The van der Waals surface area contributed by atoms with Crippen LogP contribution in [0.25, 0.3) is 11.3 Å². The second kappa shape index (κ2) is 8.08. The van der Waals surface area contributed by atoms with E-state index >= 15 is 0 Å². The molecule has 0 spiro atoms. The predicted octanol–water partition coefficient (Wildman–Crippen LogP) is 3.44. The predicted molar refractivity (Wildman–Crippen MR) is 120 cm³/mol. The monoisotopic (exact) mass is 451 g/mol. The summed E-state index contributed by atoms with van der Waals surface area (Å²) in [6.45, 7) is 2.88. The van der Waals surface area contributed by atoms with Crippen LogP contribution in [0.2, 0.25) is 0 Å². The van der Waals surface area contributed by atoms with Crippen LogP contribution in [0.15, 0.2) is 36.5 Å². The van der Waals surface area contributed by atoms with Crippen molar-refractivity contribution in [1.29, 1.82) is 0 Å². The molecular weight excluding hydrogens is 428 g/mol. The molecule has 0 unspecified atom stereocenters. The van der Waals surface area contributed by atoms with Gasteiger partial charge in [-0.05, 0) is 43.2 Å². The smallest absolute Gasteiger partial charge is 0.260 e. The fourth-order valence-corrected chi connectivity index (χ4v) is 4.48. The Labute approximate surface area is 189 Å². The van der Waals surface area contributed by atoms with Gasteiger partial charge in [-0.15, -0.1) is 0 Å². The van der Waals surface area contributed by atoms with Crippen LogP contribution in [-0.4, -0.2) is 42.1 Å². The van der Waals surface area contributed by atoms with Crippen LogP contribution in [-0.2, 0) is 6.54 Å². The Morgan fingerprint density at radius 2 is 2.06 bits per heavy atom. The van der Waals surface area contributed by atoms with E-state index in [1.165, 1.54) is 24.3 Å². The van der Waals surface area contributed by atoms with Crippen LogP contribution in [0.4, 0.5) is 20.4 Å². The first-order valence-electron chi connectivity index (χ1n) is 10.7. The minimum absolute atomic E-state index is 0.0442. The quantitative estimate of drug-likeness (QED) is 0.654. The fraction of sp³-hybridized carbons (Fsp3) is 0.292. The average molecular weight is 451 g/mol. The zero-order chi connectivity index (χ0) is 23.3. The van der Waals surface area contributed by atoms with Crippen molar-refractivity contribution in [2.75, 3.05) is 30.0 Å². The first-order valence-corrected chi connectivity index (χ1v) is 10.7. The average Bonchev–Trinajstić information content (AvgIpc) is 3.39. The van der Waals surface area contributed by atoms with Gasteiger partial charge in [-0.25, -0.2) is 13.8 Å². The third-order valence-corrected chi connectivity index (χ3v) is 6.19.